The van der Waals surface area contributed by atoms with Crippen molar-refractivity contribution in [1.29, 1.82) is 0 Å². The fourth-order valence-electron chi connectivity index (χ4n) is 11.3. The lowest BCUT2D eigenvalue weighted by molar-refractivity contribution is -0.214. The molecule has 2 bridgehead atoms. The van der Waals surface area contributed by atoms with E-state index in [9.17, 15) is 19.5 Å². The number of epoxide rings is 1. The number of fused-ring (bicyclic) bond motifs is 5. The minimum Gasteiger partial charge on any atom is -0.460 e. The van der Waals surface area contributed by atoms with E-state index in [0.29, 0.717) is 31.0 Å². The van der Waals surface area contributed by atoms with E-state index in [1.807, 2.05) is 84.9 Å². The van der Waals surface area contributed by atoms with Crippen LogP contribution in [0.15, 0.2) is 91.0 Å². The Hall–Kier alpha value is -4.96. The van der Waals surface area contributed by atoms with Gasteiger partial charge >= 0.3 is 11.9 Å². The minimum atomic E-state index is -1.53. The summed E-state index contributed by atoms with van der Waals surface area (Å²) in [6.07, 6.45) is 5.85. The van der Waals surface area contributed by atoms with Crippen molar-refractivity contribution in [2.75, 3.05) is 13.2 Å². The molecule has 7 fully saturated rings. The molecule has 2 aliphatic carbocycles. The molecule has 2 N–H and O–H groups in total. The summed E-state index contributed by atoms with van der Waals surface area (Å²) < 4.78 is 31.9. The van der Waals surface area contributed by atoms with Crippen molar-refractivity contribution in [2.45, 2.75) is 145 Å². The Labute approximate surface area is 379 Å². The van der Waals surface area contributed by atoms with E-state index in [1.165, 1.54) is 0 Å². The van der Waals surface area contributed by atoms with Crippen molar-refractivity contribution >= 4 is 29.8 Å². The van der Waals surface area contributed by atoms with Gasteiger partial charge < -0.3 is 39.0 Å². The van der Waals surface area contributed by atoms with Crippen molar-refractivity contribution in [2.24, 2.45) is 11.3 Å². The normalized spacial score (nSPS) is 32.6. The summed E-state index contributed by atoms with van der Waals surface area (Å²) in [7, 11) is 0. The summed E-state index contributed by atoms with van der Waals surface area (Å²) >= 11 is 0. The maximum Gasteiger partial charge on any atom is 0.327 e. The van der Waals surface area contributed by atoms with E-state index in [1.54, 1.807) is 30.7 Å². The number of hydroxylamine groups is 2. The molecule has 65 heavy (non-hydrogen) atoms. The Morgan fingerprint density at radius 2 is 1.62 bits per heavy atom. The number of benzene rings is 3. The fraction of sp³-hybridized carbons (Fsp3) is 0.529. The third-order valence-electron chi connectivity index (χ3n) is 14.3. The van der Waals surface area contributed by atoms with E-state index in [2.05, 4.69) is 17.5 Å². The number of hydrogen-bond donors (Lipinski definition) is 2. The molecule has 344 valence electrons. The molecule has 0 radical (unpaired) electrons. The molecular formula is C51H59N3O11. The second-order valence-electron chi connectivity index (χ2n) is 19.8. The molecule has 2 saturated carbocycles. The monoisotopic (exact) mass is 889 g/mol. The Morgan fingerprint density at radius 1 is 0.908 bits per heavy atom. The van der Waals surface area contributed by atoms with Crippen LogP contribution in [0.25, 0.3) is 6.08 Å². The topological polar surface area (TPSA) is 166 Å². The van der Waals surface area contributed by atoms with Crippen LogP contribution < -0.4 is 5.32 Å². The first kappa shape index (κ1) is 43.9. The van der Waals surface area contributed by atoms with Crippen LogP contribution in [0, 0.1) is 11.3 Å². The van der Waals surface area contributed by atoms with Crippen molar-refractivity contribution in [3.8, 4) is 0 Å². The number of carbonyl (C=O) groups excluding carboxylic acids is 4. The Morgan fingerprint density at radius 3 is 2.32 bits per heavy atom. The zero-order valence-corrected chi connectivity index (χ0v) is 37.2. The summed E-state index contributed by atoms with van der Waals surface area (Å²) in [5, 5.41) is 14.8. The van der Waals surface area contributed by atoms with Gasteiger partial charge in [0, 0.05) is 30.5 Å². The van der Waals surface area contributed by atoms with Crippen molar-refractivity contribution in [3.63, 3.8) is 0 Å². The molecule has 5 aliphatic heterocycles. The summed E-state index contributed by atoms with van der Waals surface area (Å²) in [5.74, 6) is -2.90. The Balaban J connectivity index is 0.983. The van der Waals surface area contributed by atoms with Gasteiger partial charge in [-0.05, 0) is 76.3 Å². The average molecular weight is 890 g/mol. The zero-order chi connectivity index (χ0) is 45.1. The number of rotatable bonds is 13. The number of esters is 2. The molecule has 14 heteroatoms. The van der Waals surface area contributed by atoms with E-state index < -0.39 is 89.7 Å². The summed E-state index contributed by atoms with van der Waals surface area (Å²) in [4.78, 5) is 65.9. The number of nitrogens with zero attached hydrogens (tertiary/aromatic N) is 2. The minimum absolute atomic E-state index is 0.00728. The summed E-state index contributed by atoms with van der Waals surface area (Å²) in [6, 6.07) is 24.4. The van der Waals surface area contributed by atoms with Gasteiger partial charge in [0.15, 0.2) is 6.04 Å². The highest BCUT2D eigenvalue weighted by atomic mass is 16.8. The largest absolute Gasteiger partial charge is 0.460 e. The van der Waals surface area contributed by atoms with Crippen LogP contribution in [0.3, 0.4) is 0 Å². The molecule has 0 spiro atoms. The van der Waals surface area contributed by atoms with E-state index >= 15 is 4.79 Å². The predicted octanol–water partition coefficient (Wildman–Crippen LogP) is 5.34. The molecule has 5 heterocycles. The van der Waals surface area contributed by atoms with Crippen LogP contribution in [0.1, 0.15) is 94.4 Å². The number of likely N-dealkylation sites (tertiary alicyclic amines) is 1. The van der Waals surface area contributed by atoms with Gasteiger partial charge in [-0.3, -0.25) is 24.0 Å². The second-order valence-corrected chi connectivity index (χ2v) is 19.8. The van der Waals surface area contributed by atoms with E-state index in [0.717, 1.165) is 41.5 Å². The van der Waals surface area contributed by atoms with Crippen molar-refractivity contribution in [3.05, 3.63) is 113 Å². The van der Waals surface area contributed by atoms with Crippen LogP contribution >= 0.6 is 0 Å². The average Bonchev–Trinajstić information content (AvgIpc) is 3.57. The van der Waals surface area contributed by atoms with Crippen LogP contribution in [0.2, 0.25) is 0 Å². The van der Waals surface area contributed by atoms with Crippen LogP contribution in [0.4, 0.5) is 0 Å². The number of aliphatic hydroxyl groups excluding tert-OH is 1. The molecular weight excluding hydrogens is 831 g/mol. The fourth-order valence-corrected chi connectivity index (χ4v) is 11.3. The van der Waals surface area contributed by atoms with E-state index in [4.69, 9.17) is 28.5 Å². The van der Waals surface area contributed by atoms with Gasteiger partial charge in [-0.1, -0.05) is 97.1 Å². The smallest absolute Gasteiger partial charge is 0.327 e. The Bertz CT molecular complexity index is 2260. The number of nitrogens with one attached hydrogen (secondary N) is 1. The lowest BCUT2D eigenvalue weighted by Gasteiger charge is -2.50. The van der Waals surface area contributed by atoms with E-state index in [-0.39, 0.29) is 32.4 Å². The maximum absolute atomic E-state index is 15.8. The molecule has 0 aromatic heterocycles. The molecule has 10 rings (SSSR count). The van der Waals surface area contributed by atoms with Gasteiger partial charge in [0.25, 0.3) is 0 Å². The van der Waals surface area contributed by atoms with Crippen molar-refractivity contribution < 1.29 is 52.8 Å². The first-order valence-corrected chi connectivity index (χ1v) is 23.3. The van der Waals surface area contributed by atoms with Crippen LogP contribution in [-0.2, 0) is 60.0 Å². The van der Waals surface area contributed by atoms with Gasteiger partial charge in [0.2, 0.25) is 17.6 Å². The number of allylic oxidation sites excluding steroid dienone is 1. The quantitative estimate of drug-likeness (QED) is 0.168. The molecule has 11 unspecified atom stereocenters. The summed E-state index contributed by atoms with van der Waals surface area (Å²) in [6.45, 7) is 5.36. The molecule has 7 aliphatic rings. The molecule has 5 saturated heterocycles. The summed E-state index contributed by atoms with van der Waals surface area (Å²) in [5.41, 5.74) is 1.14. The zero-order valence-electron chi connectivity index (χ0n) is 37.2. The second kappa shape index (κ2) is 17.4. The van der Waals surface area contributed by atoms with Crippen molar-refractivity contribution in [1.82, 2.24) is 15.3 Å². The third kappa shape index (κ3) is 8.20. The molecule has 14 nitrogen and oxygen atoms in total. The molecule has 3 aromatic rings. The number of ether oxygens (including phenoxy) is 5. The highest BCUT2D eigenvalue weighted by Crippen LogP contribution is 2.60. The van der Waals surface area contributed by atoms with Crippen LogP contribution in [0.5, 0.6) is 0 Å². The third-order valence-corrected chi connectivity index (χ3v) is 14.3. The number of hydrogen-bond acceptors (Lipinski definition) is 12. The van der Waals surface area contributed by atoms with Gasteiger partial charge in [0.05, 0.1) is 31.4 Å². The SMILES string of the molecule is CC(C)(C)OC(=O)CCC(CO)NC(=O)C1CCCN1C(=O)C12CC3OC(=O)C1N(Cc1ccccc1C=CC1CCC4OC4C1)OC2C1OC(c2ccccc2)(c2ccccc2)OC31. The lowest BCUT2D eigenvalue weighted by atomic mass is 9.62. The predicted molar refractivity (Wildman–Crippen MR) is 235 cm³/mol. The Kier molecular flexibility index (Phi) is 11.7. The van der Waals surface area contributed by atoms with Crippen LogP contribution in [-0.4, -0.2) is 112 Å². The highest BCUT2D eigenvalue weighted by molar-refractivity contribution is 5.96. The standard InChI is InChI=1S/C51H59N3O11/c1-49(2,3)62-41(56)25-23-36(30-55)52-46(57)37-19-12-26-53(37)48(59)50-28-40-42-43(64-51(63-42,34-15-6-4-7-16-34)35-17-8-5-9-18-35)45(50)65-54(44(50)47(58)61-40)29-33-14-11-10-13-32(33)22-20-31-21-24-38-39(27-31)60-38/h4-11,13-18,20,22,31,36-40,42-45,55H,12,19,21,23-30H2,1-3H3,(H,52,57). The lowest BCUT2D eigenvalue weighted by Crippen LogP contribution is -2.70. The van der Waals surface area contributed by atoms with Gasteiger partial charge in [-0.2, -0.15) is 5.06 Å². The first-order valence-electron chi connectivity index (χ1n) is 23.3. The molecule has 2 amide bonds. The van der Waals surface area contributed by atoms with Gasteiger partial charge in [-0.15, -0.1) is 0 Å². The number of aliphatic hydroxyl groups is 1. The first-order chi connectivity index (χ1) is 31.4. The van der Waals surface area contributed by atoms with Gasteiger partial charge in [-0.25, -0.2) is 0 Å². The molecule has 3 aromatic carbocycles. The highest BCUT2D eigenvalue weighted by Gasteiger charge is 2.77. The maximum atomic E-state index is 15.8. The molecule has 11 atom stereocenters. The van der Waals surface area contributed by atoms with Gasteiger partial charge in [0.1, 0.15) is 41.5 Å². The number of amides is 2. The number of carbonyl (C=O) groups is 4.